The fourth-order valence-electron chi connectivity index (χ4n) is 3.73. The lowest BCUT2D eigenvalue weighted by molar-refractivity contribution is -0.148. The number of esters is 1. The van der Waals surface area contributed by atoms with E-state index in [1.807, 2.05) is 0 Å². The Morgan fingerprint density at radius 1 is 1.14 bits per heavy atom. The third-order valence-corrected chi connectivity index (χ3v) is 5.43. The fraction of sp³-hybridized carbons (Fsp3) is 0.538. The van der Waals surface area contributed by atoms with Crippen molar-refractivity contribution >= 4 is 23.9 Å². The summed E-state index contributed by atoms with van der Waals surface area (Å²) in [7, 11) is 0. The van der Waals surface area contributed by atoms with Crippen molar-refractivity contribution in [3.05, 3.63) is 48.6 Å². The average molecular weight is 488 g/mol. The first-order valence-electron chi connectivity index (χ1n) is 11.9. The molecule has 0 bridgehead atoms. The van der Waals surface area contributed by atoms with E-state index < -0.39 is 47.6 Å². The van der Waals surface area contributed by atoms with Crippen molar-refractivity contribution in [2.45, 2.75) is 71.2 Å². The van der Waals surface area contributed by atoms with E-state index in [0.717, 1.165) is 0 Å². The third-order valence-electron chi connectivity index (χ3n) is 5.43. The lowest BCUT2D eigenvalue weighted by Gasteiger charge is -2.29. The average Bonchev–Trinajstić information content (AvgIpc) is 3.29. The highest BCUT2D eigenvalue weighted by Gasteiger charge is 2.39. The van der Waals surface area contributed by atoms with Gasteiger partial charge in [-0.3, -0.25) is 14.5 Å². The van der Waals surface area contributed by atoms with Crippen LogP contribution in [0.3, 0.4) is 0 Å². The molecule has 0 radical (unpaired) electrons. The van der Waals surface area contributed by atoms with Crippen molar-refractivity contribution in [3.63, 3.8) is 0 Å². The molecule has 1 fully saturated rings. The van der Waals surface area contributed by atoms with Gasteiger partial charge in [-0.05, 0) is 45.1 Å². The van der Waals surface area contributed by atoms with E-state index in [-0.39, 0.29) is 12.5 Å². The number of nitrogens with zero attached hydrogens (tertiary/aromatic N) is 1. The van der Waals surface area contributed by atoms with Gasteiger partial charge >= 0.3 is 12.1 Å². The van der Waals surface area contributed by atoms with Crippen molar-refractivity contribution in [3.8, 4) is 0 Å². The summed E-state index contributed by atoms with van der Waals surface area (Å²) in [5.41, 5.74) is -0.152. The summed E-state index contributed by atoms with van der Waals surface area (Å²) in [6.07, 6.45) is 1.98. The summed E-state index contributed by atoms with van der Waals surface area (Å²) in [6, 6.07) is 5.99. The van der Waals surface area contributed by atoms with Crippen LogP contribution in [0.5, 0.6) is 0 Å². The molecule has 9 nitrogen and oxygen atoms in total. The number of amides is 3. The van der Waals surface area contributed by atoms with Crippen LogP contribution in [0.25, 0.3) is 0 Å². The van der Waals surface area contributed by atoms with E-state index in [4.69, 9.17) is 9.47 Å². The van der Waals surface area contributed by atoms with E-state index in [2.05, 4.69) is 17.2 Å². The van der Waals surface area contributed by atoms with E-state index in [1.165, 1.54) is 11.0 Å². The second-order valence-corrected chi connectivity index (χ2v) is 9.83. The van der Waals surface area contributed by atoms with E-state index >= 15 is 0 Å². The molecule has 2 N–H and O–H groups in total. The van der Waals surface area contributed by atoms with Gasteiger partial charge in [-0.2, -0.15) is 0 Å². The molecule has 1 aliphatic rings. The highest BCUT2D eigenvalue weighted by molar-refractivity contribution is 5.94. The predicted molar refractivity (Wildman–Crippen MR) is 131 cm³/mol. The minimum absolute atomic E-state index is 0.0267. The van der Waals surface area contributed by atoms with E-state index in [1.54, 1.807) is 65.0 Å². The van der Waals surface area contributed by atoms with Crippen LogP contribution in [-0.4, -0.2) is 59.6 Å². The summed E-state index contributed by atoms with van der Waals surface area (Å²) in [5, 5.41) is 5.50. The van der Waals surface area contributed by atoms with Gasteiger partial charge in [-0.1, -0.05) is 56.8 Å². The highest BCUT2D eigenvalue weighted by atomic mass is 16.6. The second-order valence-electron chi connectivity index (χ2n) is 9.83. The zero-order chi connectivity index (χ0) is 26.2. The molecule has 0 aromatic heterocycles. The Morgan fingerprint density at radius 2 is 1.80 bits per heavy atom. The van der Waals surface area contributed by atoms with Crippen LogP contribution < -0.4 is 10.6 Å². The lowest BCUT2D eigenvalue weighted by Crippen LogP contribution is -2.53. The van der Waals surface area contributed by atoms with Crippen molar-refractivity contribution in [1.29, 1.82) is 0 Å². The Kier molecular flexibility index (Phi) is 9.86. The van der Waals surface area contributed by atoms with Crippen molar-refractivity contribution < 1.29 is 28.7 Å². The van der Waals surface area contributed by atoms with Gasteiger partial charge in [0.2, 0.25) is 11.8 Å². The van der Waals surface area contributed by atoms with Gasteiger partial charge in [0, 0.05) is 6.54 Å². The van der Waals surface area contributed by atoms with E-state index in [9.17, 15) is 19.2 Å². The molecular formula is C26H37N3O6. The molecular weight excluding hydrogens is 450 g/mol. The molecule has 0 saturated carbocycles. The topological polar surface area (TPSA) is 114 Å². The maximum Gasteiger partial charge on any atom is 0.410 e. The first-order valence-corrected chi connectivity index (χ1v) is 11.9. The molecule has 1 aromatic rings. The summed E-state index contributed by atoms with van der Waals surface area (Å²) < 4.78 is 10.6. The minimum atomic E-state index is -1.07. The molecule has 2 rings (SSSR count). The molecule has 0 spiro atoms. The Labute approximate surface area is 207 Å². The van der Waals surface area contributed by atoms with Gasteiger partial charge in [0.05, 0.1) is 0 Å². The van der Waals surface area contributed by atoms with Crippen LogP contribution in [-0.2, 0) is 23.9 Å². The number of hydrogen-bond acceptors (Lipinski definition) is 6. The first-order chi connectivity index (χ1) is 16.4. The quantitative estimate of drug-likeness (QED) is 0.409. The molecule has 35 heavy (non-hydrogen) atoms. The maximum atomic E-state index is 13.3. The van der Waals surface area contributed by atoms with Gasteiger partial charge in [-0.25, -0.2) is 9.59 Å². The van der Waals surface area contributed by atoms with Crippen molar-refractivity contribution in [1.82, 2.24) is 15.5 Å². The Morgan fingerprint density at radius 3 is 2.37 bits per heavy atom. The van der Waals surface area contributed by atoms with Crippen LogP contribution >= 0.6 is 0 Å². The minimum Gasteiger partial charge on any atom is -0.460 e. The maximum absolute atomic E-state index is 13.3. The number of ether oxygens (including phenoxy) is 2. The molecule has 1 saturated heterocycles. The first kappa shape index (κ1) is 27.9. The van der Waals surface area contributed by atoms with Crippen LogP contribution in [0, 0.1) is 5.92 Å². The van der Waals surface area contributed by atoms with Gasteiger partial charge in [-0.15, -0.1) is 0 Å². The van der Waals surface area contributed by atoms with Gasteiger partial charge in [0.25, 0.3) is 0 Å². The number of rotatable bonds is 9. The Hall–Kier alpha value is -3.36. The Balaban J connectivity index is 2.22. The summed E-state index contributed by atoms with van der Waals surface area (Å²) >= 11 is 0. The van der Waals surface area contributed by atoms with Crippen LogP contribution in [0.2, 0.25) is 0 Å². The van der Waals surface area contributed by atoms with Crippen LogP contribution in [0.4, 0.5) is 4.79 Å². The van der Waals surface area contributed by atoms with Gasteiger partial charge in [0.15, 0.2) is 0 Å². The third kappa shape index (κ3) is 8.12. The van der Waals surface area contributed by atoms with Gasteiger partial charge in [0.1, 0.15) is 30.3 Å². The SMILES string of the molecule is C=CCOC(=O)[C@@H](NC(=O)[C@H](NC(=O)[C@@H]1CCCN1C(=O)OC(C)(C)C)c1ccccc1)C(C)C. The fourth-order valence-corrected chi connectivity index (χ4v) is 3.73. The van der Waals surface area contributed by atoms with Gasteiger partial charge < -0.3 is 20.1 Å². The molecule has 9 heteroatoms. The van der Waals surface area contributed by atoms with E-state index in [0.29, 0.717) is 24.9 Å². The van der Waals surface area contributed by atoms with Crippen molar-refractivity contribution in [2.24, 2.45) is 5.92 Å². The second kappa shape index (κ2) is 12.4. The number of carbonyl (C=O) groups is 4. The van der Waals surface area contributed by atoms with Crippen LogP contribution in [0.1, 0.15) is 59.1 Å². The number of hydrogen-bond donors (Lipinski definition) is 2. The zero-order valence-corrected chi connectivity index (χ0v) is 21.2. The smallest absolute Gasteiger partial charge is 0.410 e. The predicted octanol–water partition coefficient (Wildman–Crippen LogP) is 3.11. The summed E-state index contributed by atoms with van der Waals surface area (Å²) in [4.78, 5) is 53.1. The lowest BCUT2D eigenvalue weighted by atomic mass is 10.0. The molecule has 1 aromatic carbocycles. The number of benzene rings is 1. The monoisotopic (exact) mass is 487 g/mol. The normalized spacial score (nSPS) is 17.3. The number of nitrogens with one attached hydrogen (secondary N) is 2. The molecule has 3 amide bonds. The molecule has 1 aliphatic heterocycles. The van der Waals surface area contributed by atoms with Crippen LogP contribution in [0.15, 0.2) is 43.0 Å². The number of likely N-dealkylation sites (tertiary alicyclic amines) is 1. The standard InChI is InChI=1S/C26H37N3O6/c1-7-16-34-24(32)20(17(2)3)27-23(31)21(18-12-9-8-10-13-18)28-22(30)19-14-11-15-29(19)25(33)35-26(4,5)6/h7-10,12-13,17,19-21H,1,11,14-16H2,2-6H3,(H,27,31)(H,28,30)/t19-,20-,21+/m0/s1. The highest BCUT2D eigenvalue weighted by Crippen LogP contribution is 2.23. The molecule has 0 aliphatic carbocycles. The Bertz CT molecular complexity index is 909. The number of carbonyl (C=O) groups excluding carboxylic acids is 4. The summed E-state index contributed by atoms with van der Waals surface area (Å²) in [6.45, 7) is 12.8. The van der Waals surface area contributed by atoms with Crippen molar-refractivity contribution in [2.75, 3.05) is 13.2 Å². The molecule has 1 heterocycles. The largest absolute Gasteiger partial charge is 0.460 e. The molecule has 192 valence electrons. The summed E-state index contributed by atoms with van der Waals surface area (Å²) in [5.74, 6) is -1.85. The molecule has 3 atom stereocenters. The molecule has 0 unspecified atom stereocenters. The zero-order valence-electron chi connectivity index (χ0n) is 21.2.